The second-order valence-electron chi connectivity index (χ2n) is 9.96. The van der Waals surface area contributed by atoms with Gasteiger partial charge in [-0.1, -0.05) is 60.7 Å². The Balaban J connectivity index is 1.48. The van der Waals surface area contributed by atoms with E-state index in [1.165, 1.54) is 27.9 Å². The van der Waals surface area contributed by atoms with Crippen molar-refractivity contribution in [1.29, 1.82) is 0 Å². The van der Waals surface area contributed by atoms with Gasteiger partial charge in [-0.05, 0) is 80.9 Å². The molecule has 0 N–H and O–H groups in total. The van der Waals surface area contributed by atoms with E-state index in [4.69, 9.17) is 14.5 Å². The summed E-state index contributed by atoms with van der Waals surface area (Å²) in [7, 11) is 3.29. The van der Waals surface area contributed by atoms with Crippen molar-refractivity contribution < 1.29 is 9.47 Å². The fourth-order valence-electron chi connectivity index (χ4n) is 6.08. The van der Waals surface area contributed by atoms with Crippen LogP contribution in [0.4, 0.5) is 11.4 Å². The van der Waals surface area contributed by atoms with Gasteiger partial charge in [0.05, 0.1) is 24.4 Å². The minimum Gasteiger partial charge on any atom is -0.493 e. The van der Waals surface area contributed by atoms with Crippen molar-refractivity contribution in [3.05, 3.63) is 117 Å². The van der Waals surface area contributed by atoms with Gasteiger partial charge < -0.3 is 14.4 Å². The highest BCUT2D eigenvalue weighted by Crippen LogP contribution is 2.50. The summed E-state index contributed by atoms with van der Waals surface area (Å²) in [4.78, 5) is 7.61. The minimum atomic E-state index is 0.362. The predicted octanol–water partition coefficient (Wildman–Crippen LogP) is 8.09. The number of methoxy groups -OCH3 is 2. The number of rotatable bonds is 6. The molecule has 0 aromatic heterocycles. The Labute approximate surface area is 233 Å². The molecule has 4 nitrogen and oxygen atoms in total. The van der Waals surface area contributed by atoms with Crippen LogP contribution in [0.5, 0.6) is 11.5 Å². The first-order valence-electron chi connectivity index (χ1n) is 13.1. The zero-order valence-electron chi connectivity index (χ0n) is 21.7. The number of halogens is 1. The third-order valence-electron chi connectivity index (χ3n) is 7.82. The van der Waals surface area contributed by atoms with E-state index in [2.05, 4.69) is 93.6 Å². The molecule has 5 heteroatoms. The van der Waals surface area contributed by atoms with E-state index in [0.29, 0.717) is 23.3 Å². The third-order valence-corrected chi connectivity index (χ3v) is 8.41. The summed E-state index contributed by atoms with van der Waals surface area (Å²) in [6.07, 6.45) is 4.14. The first kappa shape index (κ1) is 24.7. The second kappa shape index (κ2) is 10.7. The minimum absolute atomic E-state index is 0.362. The topological polar surface area (TPSA) is 34.1 Å². The molecule has 4 aromatic rings. The molecule has 2 unspecified atom stereocenters. The maximum Gasteiger partial charge on any atom is 0.174 e. The van der Waals surface area contributed by atoms with E-state index < -0.39 is 0 Å². The van der Waals surface area contributed by atoms with Crippen LogP contribution in [-0.2, 0) is 0 Å². The van der Waals surface area contributed by atoms with Crippen LogP contribution < -0.4 is 14.4 Å². The van der Waals surface area contributed by atoms with E-state index >= 15 is 0 Å². The maximum atomic E-state index is 5.54. The van der Waals surface area contributed by atoms with Crippen molar-refractivity contribution in [1.82, 2.24) is 0 Å². The van der Waals surface area contributed by atoms with Crippen molar-refractivity contribution in [2.75, 3.05) is 32.2 Å². The SMILES string of the molecule is COc1cc(C=Nc2cc3c4c(c2)C(c2ccccc2)CCN4CCC3c2ccccc2)cc(Br)c1OC. The van der Waals surface area contributed by atoms with Gasteiger partial charge in [-0.2, -0.15) is 0 Å². The lowest BCUT2D eigenvalue weighted by atomic mass is 9.76. The normalized spacial score (nSPS) is 18.3. The van der Waals surface area contributed by atoms with Gasteiger partial charge in [0.15, 0.2) is 11.5 Å². The lowest BCUT2D eigenvalue weighted by molar-refractivity contribution is 0.353. The Morgan fingerprint density at radius 2 is 1.37 bits per heavy atom. The summed E-state index contributed by atoms with van der Waals surface area (Å²) in [6.45, 7) is 2.17. The summed E-state index contributed by atoms with van der Waals surface area (Å²) in [5.41, 5.74) is 8.87. The lowest BCUT2D eigenvalue weighted by Crippen LogP contribution is -2.37. The Bertz CT molecular complexity index is 1400. The van der Waals surface area contributed by atoms with E-state index in [1.54, 1.807) is 14.2 Å². The van der Waals surface area contributed by atoms with Gasteiger partial charge in [-0.15, -0.1) is 0 Å². The van der Waals surface area contributed by atoms with Crippen LogP contribution in [0.2, 0.25) is 0 Å². The van der Waals surface area contributed by atoms with Crippen molar-refractivity contribution in [3.8, 4) is 11.5 Å². The van der Waals surface area contributed by atoms with E-state index in [9.17, 15) is 0 Å². The van der Waals surface area contributed by atoms with Crippen LogP contribution in [0.1, 0.15) is 52.5 Å². The Morgan fingerprint density at radius 1 is 0.789 bits per heavy atom. The largest absolute Gasteiger partial charge is 0.493 e. The van der Waals surface area contributed by atoms with Crippen LogP contribution in [0.15, 0.2) is 94.4 Å². The smallest absolute Gasteiger partial charge is 0.174 e. The van der Waals surface area contributed by atoms with Crippen LogP contribution in [0.25, 0.3) is 0 Å². The lowest BCUT2D eigenvalue weighted by Gasteiger charge is -2.43. The number of nitrogens with zero attached hydrogens (tertiary/aromatic N) is 2. The van der Waals surface area contributed by atoms with Gasteiger partial charge in [0.25, 0.3) is 0 Å². The molecule has 192 valence electrons. The average Bonchev–Trinajstić information content (AvgIpc) is 2.97. The summed E-state index contributed by atoms with van der Waals surface area (Å²) in [5, 5.41) is 0. The van der Waals surface area contributed by atoms with Crippen LogP contribution >= 0.6 is 15.9 Å². The molecule has 6 rings (SSSR count). The van der Waals surface area contributed by atoms with Gasteiger partial charge in [0.2, 0.25) is 0 Å². The molecule has 4 aromatic carbocycles. The molecule has 0 saturated heterocycles. The fourth-order valence-corrected chi connectivity index (χ4v) is 6.70. The molecule has 38 heavy (non-hydrogen) atoms. The van der Waals surface area contributed by atoms with Gasteiger partial charge in [0, 0.05) is 36.8 Å². The molecule has 0 fully saturated rings. The molecular weight excluding hydrogens is 536 g/mol. The maximum absolute atomic E-state index is 5.54. The van der Waals surface area contributed by atoms with Gasteiger partial charge >= 0.3 is 0 Å². The standard InChI is InChI=1S/C33H31BrN2O2/c1-37-31-18-22(17-30(34)33(31)38-2)21-35-25-19-28-26(23-9-5-3-6-10-23)13-15-36-16-14-27(29(20-25)32(28)36)24-11-7-4-8-12-24/h3-12,17-21,26-27H,13-16H2,1-2H3. The first-order chi connectivity index (χ1) is 18.7. The molecular formula is C33H31BrN2O2. The molecule has 0 bridgehead atoms. The van der Waals surface area contributed by atoms with Crippen LogP contribution in [0.3, 0.4) is 0 Å². The van der Waals surface area contributed by atoms with Gasteiger partial charge in [-0.25, -0.2) is 0 Å². The third kappa shape index (κ3) is 4.60. The molecule has 0 amide bonds. The molecule has 2 aliphatic rings. The quantitative estimate of drug-likeness (QED) is 0.221. The molecule has 2 atom stereocenters. The predicted molar refractivity (Wildman–Crippen MR) is 159 cm³/mol. The summed E-state index contributed by atoms with van der Waals surface area (Å²) >= 11 is 3.61. The van der Waals surface area contributed by atoms with Crippen molar-refractivity contribution >= 4 is 33.5 Å². The number of ether oxygens (including phenoxy) is 2. The fraction of sp³-hybridized carbons (Fsp3) is 0.242. The Morgan fingerprint density at radius 3 is 1.89 bits per heavy atom. The second-order valence-corrected chi connectivity index (χ2v) is 10.8. The summed E-state index contributed by atoms with van der Waals surface area (Å²) < 4.78 is 11.9. The van der Waals surface area contributed by atoms with E-state index in [0.717, 1.165) is 41.7 Å². The molecule has 0 radical (unpaired) electrons. The van der Waals surface area contributed by atoms with Crippen molar-refractivity contribution in [2.24, 2.45) is 4.99 Å². The number of hydrogen-bond donors (Lipinski definition) is 0. The molecule has 0 spiro atoms. The molecule has 0 aliphatic carbocycles. The highest BCUT2D eigenvalue weighted by molar-refractivity contribution is 9.10. The number of hydrogen-bond acceptors (Lipinski definition) is 4. The highest BCUT2D eigenvalue weighted by Gasteiger charge is 2.35. The number of anilines is 1. The zero-order chi connectivity index (χ0) is 26.1. The van der Waals surface area contributed by atoms with Gasteiger partial charge in [-0.3, -0.25) is 4.99 Å². The Kier molecular flexibility index (Phi) is 6.94. The first-order valence-corrected chi connectivity index (χ1v) is 13.9. The average molecular weight is 568 g/mol. The van der Waals surface area contributed by atoms with Gasteiger partial charge in [0.1, 0.15) is 0 Å². The van der Waals surface area contributed by atoms with Crippen LogP contribution in [0, 0.1) is 0 Å². The number of benzene rings is 4. The molecule has 2 heterocycles. The van der Waals surface area contributed by atoms with E-state index in [-0.39, 0.29) is 0 Å². The molecule has 0 saturated carbocycles. The van der Waals surface area contributed by atoms with Crippen LogP contribution in [-0.4, -0.2) is 33.5 Å². The highest BCUT2D eigenvalue weighted by atomic mass is 79.9. The number of aliphatic imine (C=N–C) groups is 1. The summed E-state index contributed by atoms with van der Waals surface area (Å²) in [5.74, 6) is 2.08. The monoisotopic (exact) mass is 566 g/mol. The molecule has 2 aliphatic heterocycles. The summed E-state index contributed by atoms with van der Waals surface area (Å²) in [6, 6.07) is 30.4. The Hall–Kier alpha value is -3.57. The van der Waals surface area contributed by atoms with Crippen molar-refractivity contribution in [2.45, 2.75) is 24.7 Å². The van der Waals surface area contributed by atoms with Crippen molar-refractivity contribution in [3.63, 3.8) is 0 Å². The van der Waals surface area contributed by atoms with E-state index in [1.807, 2.05) is 18.3 Å². The zero-order valence-corrected chi connectivity index (χ0v) is 23.3.